The van der Waals surface area contributed by atoms with E-state index in [1.54, 1.807) is 4.57 Å². The lowest BCUT2D eigenvalue weighted by molar-refractivity contribution is 0.992. The summed E-state index contributed by atoms with van der Waals surface area (Å²) in [4.78, 5) is 9.97. The lowest BCUT2D eigenvalue weighted by Crippen LogP contribution is -2.01. The van der Waals surface area contributed by atoms with Gasteiger partial charge in [-0.2, -0.15) is 0 Å². The van der Waals surface area contributed by atoms with Crippen molar-refractivity contribution in [3.63, 3.8) is 0 Å². The van der Waals surface area contributed by atoms with E-state index in [1.165, 1.54) is 11.1 Å². The summed E-state index contributed by atoms with van der Waals surface area (Å²) >= 11 is 0. The Bertz CT molecular complexity index is 3510. The Morgan fingerprint density at radius 3 is 1.73 bits per heavy atom. The van der Waals surface area contributed by atoms with Crippen molar-refractivity contribution in [1.29, 1.82) is 0 Å². The number of nitrogens with zero attached hydrogens (tertiary/aromatic N) is 4. The molecule has 3 aromatic heterocycles. The van der Waals surface area contributed by atoms with Crippen LogP contribution in [0, 0.1) is 0 Å². The van der Waals surface area contributed by atoms with E-state index in [1.807, 2.05) is 54.7 Å². The number of rotatable bonds is 6. The van der Waals surface area contributed by atoms with Gasteiger partial charge in [0.1, 0.15) is 0 Å². The van der Waals surface area contributed by atoms with Crippen LogP contribution < -0.4 is 0 Å². The molecule has 4 heteroatoms. The van der Waals surface area contributed by atoms with E-state index in [4.69, 9.17) is 16.8 Å². The van der Waals surface area contributed by atoms with Gasteiger partial charge in [-0.15, -0.1) is 0 Å². The molecule has 0 unspecified atom stereocenters. The first-order chi connectivity index (χ1) is 29.8. The minimum Gasteiger partial charge on any atom is -0.309 e. The minimum atomic E-state index is -0.417. The number of hydrogen-bond acceptors (Lipinski definition) is 2. The van der Waals surface area contributed by atoms with Gasteiger partial charge in [-0.05, 0) is 87.9 Å². The zero-order valence-corrected chi connectivity index (χ0v) is 30.0. The maximum Gasteiger partial charge on any atom is 0.235 e. The van der Waals surface area contributed by atoms with Crippen molar-refractivity contribution in [2.75, 3.05) is 0 Å². The summed E-state index contributed by atoms with van der Waals surface area (Å²) in [5.41, 5.74) is 11.9. The minimum absolute atomic E-state index is 0.124. The van der Waals surface area contributed by atoms with Crippen LogP contribution in [0.4, 0.5) is 0 Å². The molecule has 0 spiro atoms. The normalized spacial score (nSPS) is 12.8. The van der Waals surface area contributed by atoms with Crippen molar-refractivity contribution in [3.05, 3.63) is 206 Å². The van der Waals surface area contributed by atoms with Crippen molar-refractivity contribution in [1.82, 2.24) is 19.1 Å². The monoisotopic (exact) mass is 719 g/mol. The smallest absolute Gasteiger partial charge is 0.235 e. The quantitative estimate of drug-likeness (QED) is 0.171. The number of hydrogen-bond donors (Lipinski definition) is 0. The molecule has 11 rings (SSSR count). The maximum atomic E-state index is 8.85. The van der Waals surface area contributed by atoms with Crippen LogP contribution >= 0.6 is 0 Å². The van der Waals surface area contributed by atoms with Gasteiger partial charge in [0.15, 0.2) is 0 Å². The van der Waals surface area contributed by atoms with Crippen molar-refractivity contribution >= 4 is 43.6 Å². The molecule has 0 bridgehead atoms. The predicted octanol–water partition coefficient (Wildman–Crippen LogP) is 13.3. The number of fused-ring (bicyclic) bond motifs is 6. The van der Waals surface area contributed by atoms with Gasteiger partial charge in [-0.1, -0.05) is 146 Å². The molecule has 0 aliphatic heterocycles. The van der Waals surface area contributed by atoms with Crippen molar-refractivity contribution in [2.45, 2.75) is 0 Å². The van der Waals surface area contributed by atoms with Crippen LogP contribution in [0.25, 0.3) is 99.9 Å². The molecular weight excluding hydrogens is 681 g/mol. The van der Waals surface area contributed by atoms with E-state index in [0.717, 1.165) is 77.1 Å². The lowest BCUT2D eigenvalue weighted by Gasteiger charge is -2.10. The zero-order valence-electron chi connectivity index (χ0n) is 35.0. The van der Waals surface area contributed by atoms with Gasteiger partial charge in [0.05, 0.1) is 34.6 Å². The van der Waals surface area contributed by atoms with E-state index in [9.17, 15) is 0 Å². The average Bonchev–Trinajstić information content (AvgIpc) is 3.83. The summed E-state index contributed by atoms with van der Waals surface area (Å²) in [5.74, 6) is 0.568. The fourth-order valence-corrected chi connectivity index (χ4v) is 8.07. The van der Waals surface area contributed by atoms with Gasteiger partial charge in [-0.25, -0.2) is 9.97 Å². The molecule has 0 radical (unpaired) electrons. The topological polar surface area (TPSA) is 35.6 Å². The Labute approximate surface area is 331 Å². The van der Waals surface area contributed by atoms with E-state index in [-0.39, 0.29) is 29.9 Å². The first kappa shape index (κ1) is 27.1. The van der Waals surface area contributed by atoms with Gasteiger partial charge in [-0.3, -0.25) is 4.57 Å². The molecular formula is C52H34N4. The Morgan fingerprint density at radius 2 is 0.929 bits per heavy atom. The molecule has 0 fully saturated rings. The van der Waals surface area contributed by atoms with Crippen LogP contribution in [0.15, 0.2) is 206 Å². The highest BCUT2D eigenvalue weighted by atomic mass is 15.2. The van der Waals surface area contributed by atoms with Crippen LogP contribution in [-0.2, 0) is 0 Å². The van der Waals surface area contributed by atoms with Crippen LogP contribution in [0.5, 0.6) is 0 Å². The Kier molecular flexibility index (Phi) is 6.33. The van der Waals surface area contributed by atoms with E-state index in [0.29, 0.717) is 5.95 Å². The molecule has 3 heterocycles. The molecule has 0 atom stereocenters. The summed E-state index contributed by atoms with van der Waals surface area (Å²) in [6.07, 6.45) is 1.82. The highest BCUT2D eigenvalue weighted by Gasteiger charge is 2.17. The van der Waals surface area contributed by atoms with Gasteiger partial charge in [0, 0.05) is 39.0 Å². The number of benzene rings is 8. The molecule has 0 aliphatic rings. The molecule has 0 amide bonds. The third kappa shape index (κ3) is 5.31. The lowest BCUT2D eigenvalue weighted by atomic mass is 9.98. The standard InChI is InChI=1S/C52H34N4/c1-3-12-35(13-4-1)36-22-24-37(25-23-36)38-14-11-15-41(32-38)47-30-31-53-52(54-47)56-49-21-10-8-19-44(49)46-33-39(27-29-50(46)56)40-26-28-45-43-18-7-9-20-48(43)55(51(45)34-40)42-16-5-2-6-17-42/h1-34H/i2D,5D,6D,16D,17D. The fraction of sp³-hybridized carbons (Fsp3) is 0. The predicted molar refractivity (Wildman–Crippen MR) is 232 cm³/mol. The summed E-state index contributed by atoms with van der Waals surface area (Å²) in [5, 5.41) is 3.95. The van der Waals surface area contributed by atoms with E-state index < -0.39 is 6.04 Å². The number of para-hydroxylation sites is 3. The SMILES string of the molecule is [2H]c1c([2H])c([2H])c(-n2c3ccccc3c3ccc(-c4ccc5c(c4)c4ccccc4n5-c4nccc(-c5cccc(-c6ccc(-c7ccccc7)cc6)c5)n4)cc32)c([2H])c1[2H]. The molecule has 8 aromatic carbocycles. The van der Waals surface area contributed by atoms with Crippen molar-refractivity contribution in [2.24, 2.45) is 0 Å². The first-order valence-corrected chi connectivity index (χ1v) is 18.6. The van der Waals surface area contributed by atoms with Gasteiger partial charge in [0.25, 0.3) is 0 Å². The second-order valence-electron chi connectivity index (χ2n) is 13.9. The van der Waals surface area contributed by atoms with Gasteiger partial charge < -0.3 is 4.57 Å². The van der Waals surface area contributed by atoms with Crippen LogP contribution in [0.2, 0.25) is 0 Å². The Morgan fingerprint density at radius 1 is 0.375 bits per heavy atom. The zero-order chi connectivity index (χ0) is 41.4. The highest BCUT2D eigenvalue weighted by Crippen LogP contribution is 2.38. The van der Waals surface area contributed by atoms with Crippen LogP contribution in [-0.4, -0.2) is 19.1 Å². The average molecular weight is 720 g/mol. The molecule has 4 nitrogen and oxygen atoms in total. The van der Waals surface area contributed by atoms with Crippen molar-refractivity contribution < 1.29 is 6.85 Å². The third-order valence-corrected chi connectivity index (χ3v) is 10.7. The van der Waals surface area contributed by atoms with Crippen LogP contribution in [0.1, 0.15) is 6.85 Å². The van der Waals surface area contributed by atoms with Gasteiger partial charge >= 0.3 is 0 Å². The fourth-order valence-electron chi connectivity index (χ4n) is 8.07. The summed E-state index contributed by atoms with van der Waals surface area (Å²) in [7, 11) is 0. The molecule has 0 N–H and O–H groups in total. The summed E-state index contributed by atoms with van der Waals surface area (Å²) in [6, 6.07) is 56.4. The molecule has 56 heavy (non-hydrogen) atoms. The number of aromatic nitrogens is 4. The first-order valence-electron chi connectivity index (χ1n) is 21.1. The van der Waals surface area contributed by atoms with Gasteiger partial charge in [0.2, 0.25) is 5.95 Å². The molecule has 0 saturated heterocycles. The Balaban J connectivity index is 1.01. The third-order valence-electron chi connectivity index (χ3n) is 10.7. The summed E-state index contributed by atoms with van der Waals surface area (Å²) < 4.78 is 46.7. The highest BCUT2D eigenvalue weighted by molar-refractivity contribution is 6.12. The Hall–Kier alpha value is -7.56. The second kappa shape index (κ2) is 13.1. The van der Waals surface area contributed by atoms with E-state index in [2.05, 4.69) is 126 Å². The molecule has 11 aromatic rings. The van der Waals surface area contributed by atoms with E-state index >= 15 is 0 Å². The molecule has 262 valence electrons. The van der Waals surface area contributed by atoms with Crippen LogP contribution in [0.3, 0.4) is 0 Å². The summed E-state index contributed by atoms with van der Waals surface area (Å²) in [6.45, 7) is 0. The molecule has 0 saturated carbocycles. The largest absolute Gasteiger partial charge is 0.309 e. The second-order valence-corrected chi connectivity index (χ2v) is 13.9. The maximum absolute atomic E-state index is 8.85. The molecule has 0 aliphatic carbocycles. The van der Waals surface area contributed by atoms with Crippen molar-refractivity contribution in [3.8, 4) is 56.3 Å².